The van der Waals surface area contributed by atoms with Crippen molar-refractivity contribution in [2.45, 2.75) is 25.5 Å². The zero-order chi connectivity index (χ0) is 13.8. The number of hydrogen-bond acceptors (Lipinski definition) is 3. The highest BCUT2D eigenvalue weighted by Crippen LogP contribution is 2.33. The fourth-order valence-electron chi connectivity index (χ4n) is 2.52. The second-order valence-electron chi connectivity index (χ2n) is 4.79. The van der Waals surface area contributed by atoms with Gasteiger partial charge in [0.25, 0.3) is 0 Å². The summed E-state index contributed by atoms with van der Waals surface area (Å²) in [5, 5.41) is 1.19. The molecule has 1 aromatic rings. The molecular weight excluding hydrogens is 283 g/mol. The first-order chi connectivity index (χ1) is 9.17. The van der Waals surface area contributed by atoms with Crippen LogP contribution >= 0.6 is 23.2 Å². The highest BCUT2D eigenvalue weighted by molar-refractivity contribution is 6.42. The summed E-state index contributed by atoms with van der Waals surface area (Å²) in [6, 6.07) is 5.82. The zero-order valence-electron chi connectivity index (χ0n) is 11.1. The summed E-state index contributed by atoms with van der Waals surface area (Å²) >= 11 is 12.4. The van der Waals surface area contributed by atoms with E-state index in [0.29, 0.717) is 16.6 Å². The summed E-state index contributed by atoms with van der Waals surface area (Å²) in [7, 11) is 0. The van der Waals surface area contributed by atoms with Crippen LogP contribution in [0.4, 0.5) is 0 Å². The van der Waals surface area contributed by atoms with E-state index in [0.717, 1.165) is 31.7 Å². The zero-order valence-corrected chi connectivity index (χ0v) is 12.6. The maximum absolute atomic E-state index is 6.31. The molecule has 0 aliphatic carbocycles. The molecule has 1 fully saturated rings. The van der Waals surface area contributed by atoms with Crippen LogP contribution in [0.5, 0.6) is 0 Å². The molecule has 0 bridgehead atoms. The Labute approximate surface area is 124 Å². The lowest BCUT2D eigenvalue weighted by Crippen LogP contribution is -2.46. The fraction of sp³-hybridized carbons (Fsp3) is 0.571. The van der Waals surface area contributed by atoms with Gasteiger partial charge in [0.05, 0.1) is 22.8 Å². The second-order valence-corrected chi connectivity index (χ2v) is 5.58. The van der Waals surface area contributed by atoms with Crippen molar-refractivity contribution < 1.29 is 4.74 Å². The minimum Gasteiger partial charge on any atom is -0.376 e. The van der Waals surface area contributed by atoms with E-state index in [-0.39, 0.29) is 12.1 Å². The molecule has 1 aromatic carbocycles. The van der Waals surface area contributed by atoms with Crippen molar-refractivity contribution in [3.63, 3.8) is 0 Å². The van der Waals surface area contributed by atoms with Gasteiger partial charge in [-0.3, -0.25) is 4.90 Å². The minimum atomic E-state index is 0.101. The first kappa shape index (κ1) is 15.1. The van der Waals surface area contributed by atoms with Gasteiger partial charge < -0.3 is 10.5 Å². The van der Waals surface area contributed by atoms with E-state index in [1.165, 1.54) is 0 Å². The summed E-state index contributed by atoms with van der Waals surface area (Å²) in [4.78, 5) is 2.34. The quantitative estimate of drug-likeness (QED) is 0.929. The van der Waals surface area contributed by atoms with Gasteiger partial charge in [0.15, 0.2) is 0 Å². The van der Waals surface area contributed by atoms with E-state index in [9.17, 15) is 0 Å². The smallest absolute Gasteiger partial charge is 0.0700 e. The van der Waals surface area contributed by atoms with Crippen LogP contribution < -0.4 is 5.73 Å². The molecule has 2 atom stereocenters. The average Bonchev–Trinajstić information content (AvgIpc) is 2.44. The van der Waals surface area contributed by atoms with Gasteiger partial charge in [-0.1, -0.05) is 42.3 Å². The molecule has 2 unspecified atom stereocenters. The summed E-state index contributed by atoms with van der Waals surface area (Å²) in [6.07, 6.45) is 1.29. The third-order valence-electron chi connectivity index (χ3n) is 3.63. The van der Waals surface area contributed by atoms with Crippen molar-refractivity contribution in [3.05, 3.63) is 33.8 Å². The van der Waals surface area contributed by atoms with Crippen LogP contribution in [0.25, 0.3) is 0 Å². The molecule has 0 amide bonds. The molecule has 1 aliphatic heterocycles. The van der Waals surface area contributed by atoms with Crippen molar-refractivity contribution in [2.24, 2.45) is 5.73 Å². The van der Waals surface area contributed by atoms with Crippen LogP contribution in [0, 0.1) is 0 Å². The van der Waals surface area contributed by atoms with Crippen LogP contribution in [0.1, 0.15) is 24.9 Å². The standard InChI is InChI=1S/C14H20Cl2N2O/c1-2-10-9-18(6-7-19-10)13(8-17)11-4-3-5-12(15)14(11)16/h3-5,10,13H,2,6-9,17H2,1H3. The number of nitrogens with zero attached hydrogens (tertiary/aromatic N) is 1. The van der Waals surface area contributed by atoms with Gasteiger partial charge in [-0.15, -0.1) is 0 Å². The predicted octanol–water partition coefficient (Wildman–Crippen LogP) is 3.10. The minimum absolute atomic E-state index is 0.101. The third-order valence-corrected chi connectivity index (χ3v) is 4.46. The molecule has 5 heteroatoms. The molecule has 0 radical (unpaired) electrons. The molecule has 0 aromatic heterocycles. The third kappa shape index (κ3) is 3.41. The van der Waals surface area contributed by atoms with E-state index in [1.807, 2.05) is 12.1 Å². The number of hydrogen-bond donors (Lipinski definition) is 1. The molecule has 19 heavy (non-hydrogen) atoms. The van der Waals surface area contributed by atoms with Crippen molar-refractivity contribution >= 4 is 23.2 Å². The maximum atomic E-state index is 6.31. The van der Waals surface area contributed by atoms with Crippen LogP contribution in [0.15, 0.2) is 18.2 Å². The summed E-state index contributed by atoms with van der Waals surface area (Å²) in [6.45, 7) is 5.17. The monoisotopic (exact) mass is 302 g/mol. The molecule has 1 aliphatic rings. The second kappa shape index (κ2) is 6.91. The Kier molecular flexibility index (Phi) is 5.48. The molecular formula is C14H20Cl2N2O. The first-order valence-electron chi connectivity index (χ1n) is 6.67. The Morgan fingerprint density at radius 1 is 1.47 bits per heavy atom. The van der Waals surface area contributed by atoms with Crippen molar-refractivity contribution in [3.8, 4) is 0 Å². The summed E-state index contributed by atoms with van der Waals surface area (Å²) in [5.74, 6) is 0. The fourth-order valence-corrected chi connectivity index (χ4v) is 2.96. The van der Waals surface area contributed by atoms with Gasteiger partial charge in [0.2, 0.25) is 0 Å². The Morgan fingerprint density at radius 3 is 2.95 bits per heavy atom. The lowest BCUT2D eigenvalue weighted by atomic mass is 10.0. The van der Waals surface area contributed by atoms with Gasteiger partial charge in [-0.2, -0.15) is 0 Å². The van der Waals surface area contributed by atoms with Crippen LogP contribution in [-0.4, -0.2) is 37.2 Å². The SMILES string of the molecule is CCC1CN(C(CN)c2cccc(Cl)c2Cl)CCO1. The summed E-state index contributed by atoms with van der Waals surface area (Å²) < 4.78 is 5.70. The van der Waals surface area contributed by atoms with Gasteiger partial charge in [-0.25, -0.2) is 0 Å². The van der Waals surface area contributed by atoms with Gasteiger partial charge in [0, 0.05) is 25.7 Å². The molecule has 0 spiro atoms. The lowest BCUT2D eigenvalue weighted by Gasteiger charge is -2.38. The van der Waals surface area contributed by atoms with Crippen molar-refractivity contribution in [2.75, 3.05) is 26.2 Å². The Bertz CT molecular complexity index is 428. The van der Waals surface area contributed by atoms with E-state index >= 15 is 0 Å². The van der Waals surface area contributed by atoms with E-state index < -0.39 is 0 Å². The van der Waals surface area contributed by atoms with Crippen LogP contribution in [0.2, 0.25) is 10.0 Å². The number of halogens is 2. The highest BCUT2D eigenvalue weighted by Gasteiger charge is 2.27. The van der Waals surface area contributed by atoms with Crippen LogP contribution in [-0.2, 0) is 4.74 Å². The number of morpholine rings is 1. The van der Waals surface area contributed by atoms with Crippen LogP contribution in [0.3, 0.4) is 0 Å². The largest absolute Gasteiger partial charge is 0.376 e. The molecule has 2 N–H and O–H groups in total. The molecule has 2 rings (SSSR count). The van der Waals surface area contributed by atoms with E-state index in [2.05, 4.69) is 11.8 Å². The lowest BCUT2D eigenvalue weighted by molar-refractivity contribution is -0.0437. The maximum Gasteiger partial charge on any atom is 0.0700 e. The Balaban J connectivity index is 2.21. The van der Waals surface area contributed by atoms with Gasteiger partial charge in [-0.05, 0) is 18.1 Å². The number of ether oxygens (including phenoxy) is 1. The van der Waals surface area contributed by atoms with E-state index in [1.54, 1.807) is 6.07 Å². The van der Waals surface area contributed by atoms with Gasteiger partial charge in [0.1, 0.15) is 0 Å². The molecule has 1 saturated heterocycles. The molecule has 0 saturated carbocycles. The van der Waals surface area contributed by atoms with Crippen molar-refractivity contribution in [1.29, 1.82) is 0 Å². The number of benzene rings is 1. The Hall–Kier alpha value is -0.320. The van der Waals surface area contributed by atoms with Crippen molar-refractivity contribution in [1.82, 2.24) is 4.90 Å². The topological polar surface area (TPSA) is 38.5 Å². The normalized spacial score (nSPS) is 22.4. The average molecular weight is 303 g/mol. The van der Waals surface area contributed by atoms with E-state index in [4.69, 9.17) is 33.7 Å². The summed E-state index contributed by atoms with van der Waals surface area (Å²) in [5.41, 5.74) is 6.97. The first-order valence-corrected chi connectivity index (χ1v) is 7.42. The predicted molar refractivity (Wildman–Crippen MR) is 79.9 cm³/mol. The molecule has 106 valence electrons. The van der Waals surface area contributed by atoms with Gasteiger partial charge >= 0.3 is 0 Å². The molecule has 1 heterocycles. The number of nitrogens with two attached hydrogens (primary N) is 1. The number of rotatable bonds is 4. The Morgan fingerprint density at radius 2 is 2.26 bits per heavy atom. The highest BCUT2D eigenvalue weighted by atomic mass is 35.5. The molecule has 3 nitrogen and oxygen atoms in total.